The Hall–Kier alpha value is -0.0800. The van der Waals surface area contributed by atoms with Gasteiger partial charge in [-0.1, -0.05) is 13.8 Å². The Morgan fingerprint density at radius 3 is 2.40 bits per heavy atom. The van der Waals surface area contributed by atoms with Crippen LogP contribution in [-0.2, 0) is 0 Å². The van der Waals surface area contributed by atoms with E-state index in [4.69, 9.17) is 0 Å². The summed E-state index contributed by atoms with van der Waals surface area (Å²) in [6, 6.07) is 0.657. The lowest BCUT2D eigenvalue weighted by atomic mass is 10.2. The first-order valence-electron chi connectivity index (χ1n) is 4.25. The third-order valence-electron chi connectivity index (χ3n) is 1.56. The van der Waals surface area contributed by atoms with E-state index in [0.717, 1.165) is 19.6 Å². The van der Waals surface area contributed by atoms with E-state index in [1.54, 1.807) is 0 Å². The summed E-state index contributed by atoms with van der Waals surface area (Å²) in [5, 5.41) is 6.66. The molecule has 62 valence electrons. The van der Waals surface area contributed by atoms with Gasteiger partial charge in [-0.25, -0.2) is 0 Å². The van der Waals surface area contributed by atoms with E-state index in [-0.39, 0.29) is 0 Å². The Bertz CT molecular complexity index is 64.3. The Morgan fingerprint density at radius 2 is 1.90 bits per heavy atom. The summed E-state index contributed by atoms with van der Waals surface area (Å²) in [4.78, 5) is 0. The van der Waals surface area contributed by atoms with Crippen molar-refractivity contribution in [2.45, 2.75) is 33.2 Å². The summed E-state index contributed by atoms with van der Waals surface area (Å²) < 4.78 is 0. The van der Waals surface area contributed by atoms with Crippen LogP contribution in [0.1, 0.15) is 27.2 Å². The van der Waals surface area contributed by atoms with E-state index in [9.17, 15) is 0 Å². The Kier molecular flexibility index (Phi) is 6.98. The van der Waals surface area contributed by atoms with Crippen molar-refractivity contribution in [2.75, 3.05) is 19.6 Å². The molecule has 0 heterocycles. The van der Waals surface area contributed by atoms with Gasteiger partial charge in [-0.05, 0) is 33.0 Å². The molecule has 0 aromatic carbocycles. The van der Waals surface area contributed by atoms with Crippen molar-refractivity contribution in [1.82, 2.24) is 10.6 Å². The molecule has 2 N–H and O–H groups in total. The second-order valence-electron chi connectivity index (χ2n) is 2.60. The molecule has 0 aromatic heterocycles. The van der Waals surface area contributed by atoms with Crippen LogP contribution >= 0.6 is 0 Å². The van der Waals surface area contributed by atoms with Gasteiger partial charge in [0.1, 0.15) is 0 Å². The zero-order valence-corrected chi connectivity index (χ0v) is 7.41. The predicted molar refractivity (Wildman–Crippen MR) is 46.3 cm³/mol. The maximum atomic E-state index is 3.36. The van der Waals surface area contributed by atoms with Crippen LogP contribution in [0.5, 0.6) is 0 Å². The quantitative estimate of drug-likeness (QED) is 0.543. The van der Waals surface area contributed by atoms with E-state index < -0.39 is 0 Å². The zero-order valence-electron chi connectivity index (χ0n) is 7.41. The minimum absolute atomic E-state index is 0.657. The molecule has 0 amide bonds. The average molecular weight is 144 g/mol. The normalized spacial score (nSPS) is 13.5. The first-order valence-corrected chi connectivity index (χ1v) is 4.25. The summed E-state index contributed by atoms with van der Waals surface area (Å²) >= 11 is 0. The van der Waals surface area contributed by atoms with Crippen molar-refractivity contribution in [3.63, 3.8) is 0 Å². The average Bonchev–Trinajstić information content (AvgIpc) is 1.89. The monoisotopic (exact) mass is 144 g/mol. The molecule has 0 fully saturated rings. The highest BCUT2D eigenvalue weighted by molar-refractivity contribution is 4.59. The third kappa shape index (κ3) is 6.05. The maximum Gasteiger partial charge on any atom is 0.00506 e. The molecule has 0 spiro atoms. The minimum atomic E-state index is 0.657. The Morgan fingerprint density at radius 1 is 1.20 bits per heavy atom. The lowest BCUT2D eigenvalue weighted by Gasteiger charge is -2.11. The van der Waals surface area contributed by atoms with Crippen LogP contribution < -0.4 is 10.6 Å². The molecule has 0 aliphatic carbocycles. The molecule has 0 rings (SSSR count). The first kappa shape index (κ1) is 9.92. The van der Waals surface area contributed by atoms with Gasteiger partial charge < -0.3 is 10.6 Å². The van der Waals surface area contributed by atoms with Gasteiger partial charge in [0.15, 0.2) is 0 Å². The largest absolute Gasteiger partial charge is 0.317 e. The lowest BCUT2D eigenvalue weighted by Crippen LogP contribution is -2.29. The van der Waals surface area contributed by atoms with Gasteiger partial charge in [-0.3, -0.25) is 0 Å². The van der Waals surface area contributed by atoms with Gasteiger partial charge in [-0.2, -0.15) is 0 Å². The van der Waals surface area contributed by atoms with Crippen molar-refractivity contribution in [3.05, 3.63) is 0 Å². The van der Waals surface area contributed by atoms with Crippen molar-refractivity contribution in [2.24, 2.45) is 0 Å². The number of rotatable bonds is 6. The molecule has 2 nitrogen and oxygen atoms in total. The van der Waals surface area contributed by atoms with Crippen molar-refractivity contribution < 1.29 is 0 Å². The second kappa shape index (κ2) is 7.03. The predicted octanol–water partition coefficient (Wildman–Crippen LogP) is 0.984. The molecular formula is C8H20N2. The molecule has 0 unspecified atom stereocenters. The van der Waals surface area contributed by atoms with Gasteiger partial charge in [0.05, 0.1) is 0 Å². The first-order chi connectivity index (χ1) is 4.81. The van der Waals surface area contributed by atoms with Gasteiger partial charge in [0, 0.05) is 6.04 Å². The van der Waals surface area contributed by atoms with Crippen LogP contribution in [0.4, 0.5) is 0 Å². The molecular weight excluding hydrogens is 124 g/mol. The van der Waals surface area contributed by atoms with Crippen molar-refractivity contribution >= 4 is 0 Å². The van der Waals surface area contributed by atoms with E-state index in [0.29, 0.717) is 6.04 Å². The summed E-state index contributed by atoms with van der Waals surface area (Å²) in [5.74, 6) is 0. The third-order valence-corrected chi connectivity index (χ3v) is 1.56. The molecule has 0 radical (unpaired) electrons. The van der Waals surface area contributed by atoms with Crippen LogP contribution in [0.25, 0.3) is 0 Å². The Labute approximate surface area is 64.4 Å². The molecule has 0 aliphatic heterocycles. The SMILES string of the molecule is CCNCC[C@@H](C)NCC. The van der Waals surface area contributed by atoms with Crippen LogP contribution in [0.2, 0.25) is 0 Å². The van der Waals surface area contributed by atoms with Crippen LogP contribution in [-0.4, -0.2) is 25.7 Å². The summed E-state index contributed by atoms with van der Waals surface area (Å²) in [6.45, 7) is 9.79. The summed E-state index contributed by atoms with van der Waals surface area (Å²) in [5.41, 5.74) is 0. The van der Waals surface area contributed by atoms with Gasteiger partial charge in [0.25, 0.3) is 0 Å². The van der Waals surface area contributed by atoms with Gasteiger partial charge in [-0.15, -0.1) is 0 Å². The number of nitrogens with one attached hydrogen (secondary N) is 2. The molecule has 0 aromatic rings. The Balaban J connectivity index is 2.97. The molecule has 1 atom stereocenters. The molecule has 0 saturated carbocycles. The molecule has 0 bridgehead atoms. The molecule has 10 heavy (non-hydrogen) atoms. The highest BCUT2D eigenvalue weighted by atomic mass is 14.9. The van der Waals surface area contributed by atoms with Crippen molar-refractivity contribution in [1.29, 1.82) is 0 Å². The fourth-order valence-electron chi connectivity index (χ4n) is 0.946. The van der Waals surface area contributed by atoms with E-state index in [1.165, 1.54) is 6.42 Å². The lowest BCUT2D eigenvalue weighted by molar-refractivity contribution is 0.509. The fraction of sp³-hybridized carbons (Fsp3) is 1.00. The standard InChI is InChI=1S/C8H20N2/c1-4-9-7-6-8(3)10-5-2/h8-10H,4-7H2,1-3H3/t8-/m1/s1. The van der Waals surface area contributed by atoms with Crippen molar-refractivity contribution in [3.8, 4) is 0 Å². The summed E-state index contributed by atoms with van der Waals surface area (Å²) in [7, 11) is 0. The smallest absolute Gasteiger partial charge is 0.00506 e. The van der Waals surface area contributed by atoms with Gasteiger partial charge >= 0.3 is 0 Å². The summed E-state index contributed by atoms with van der Waals surface area (Å²) in [6.07, 6.45) is 1.22. The zero-order chi connectivity index (χ0) is 7.82. The highest BCUT2D eigenvalue weighted by Gasteiger charge is 1.96. The number of hydrogen-bond acceptors (Lipinski definition) is 2. The maximum absolute atomic E-state index is 3.36. The van der Waals surface area contributed by atoms with Crippen LogP contribution in [0.3, 0.4) is 0 Å². The topological polar surface area (TPSA) is 24.1 Å². The van der Waals surface area contributed by atoms with Crippen LogP contribution in [0, 0.1) is 0 Å². The van der Waals surface area contributed by atoms with E-state index >= 15 is 0 Å². The molecule has 0 aliphatic rings. The molecule has 2 heteroatoms. The van der Waals surface area contributed by atoms with Gasteiger partial charge in [0.2, 0.25) is 0 Å². The molecule has 0 saturated heterocycles. The van der Waals surface area contributed by atoms with E-state index in [2.05, 4.69) is 31.4 Å². The fourth-order valence-corrected chi connectivity index (χ4v) is 0.946. The van der Waals surface area contributed by atoms with Crippen LogP contribution in [0.15, 0.2) is 0 Å². The number of hydrogen-bond donors (Lipinski definition) is 2. The van der Waals surface area contributed by atoms with E-state index in [1.807, 2.05) is 0 Å². The highest BCUT2D eigenvalue weighted by Crippen LogP contribution is 1.86. The minimum Gasteiger partial charge on any atom is -0.317 e. The second-order valence-corrected chi connectivity index (χ2v) is 2.60.